The van der Waals surface area contributed by atoms with Gasteiger partial charge in [0, 0.05) is 23.7 Å². The topological polar surface area (TPSA) is 85.3 Å². The van der Waals surface area contributed by atoms with Crippen LogP contribution in [0.3, 0.4) is 0 Å². The Kier molecular flexibility index (Phi) is 5.53. The quantitative estimate of drug-likeness (QED) is 0.429. The van der Waals surface area contributed by atoms with Gasteiger partial charge >= 0.3 is 0 Å². The molecule has 2 aromatic rings. The molecule has 0 radical (unpaired) electrons. The van der Waals surface area contributed by atoms with Crippen molar-refractivity contribution in [1.82, 2.24) is 4.90 Å². The Labute approximate surface area is 190 Å². The van der Waals surface area contributed by atoms with E-state index in [4.69, 9.17) is 25.8 Å². The van der Waals surface area contributed by atoms with Crippen LogP contribution in [0.1, 0.15) is 30.0 Å². The average Bonchev–Trinajstić information content (AvgIpc) is 3.41. The second-order valence-electron chi connectivity index (χ2n) is 8.00. The smallest absolute Gasteiger partial charge is 0.295 e. The fraction of sp³-hybridized carbons (Fsp3) is 0.333. The molecule has 0 saturated carbocycles. The van der Waals surface area contributed by atoms with Crippen LogP contribution >= 0.6 is 11.6 Å². The van der Waals surface area contributed by atoms with Crippen LogP contribution in [0.25, 0.3) is 5.76 Å². The number of nitrogens with zero attached hydrogens (tertiary/aromatic N) is 1. The number of hydrogen-bond donors (Lipinski definition) is 1. The molecule has 3 aliphatic rings. The van der Waals surface area contributed by atoms with Crippen molar-refractivity contribution < 1.29 is 28.9 Å². The third-order valence-electron chi connectivity index (χ3n) is 5.97. The number of fused-ring (bicyclic) bond motifs is 1. The zero-order chi connectivity index (χ0) is 22.2. The van der Waals surface area contributed by atoms with Gasteiger partial charge in [0.15, 0.2) is 11.5 Å². The zero-order valence-electron chi connectivity index (χ0n) is 17.3. The van der Waals surface area contributed by atoms with Crippen molar-refractivity contribution in [1.29, 1.82) is 0 Å². The van der Waals surface area contributed by atoms with Crippen LogP contribution < -0.4 is 9.47 Å². The SMILES string of the molecule is O=C1C(=O)N(CC2CCCO2)C(c2ccc(Cl)cc2)C1=C(O)c1ccc2c(c1)OCCO2. The van der Waals surface area contributed by atoms with Gasteiger partial charge in [-0.15, -0.1) is 0 Å². The third-order valence-corrected chi connectivity index (χ3v) is 6.22. The summed E-state index contributed by atoms with van der Waals surface area (Å²) >= 11 is 6.06. The summed E-state index contributed by atoms with van der Waals surface area (Å²) in [5.41, 5.74) is 1.10. The van der Waals surface area contributed by atoms with Gasteiger partial charge in [0.05, 0.1) is 17.7 Å². The molecular formula is C24H22ClNO6. The van der Waals surface area contributed by atoms with E-state index in [1.165, 1.54) is 4.90 Å². The van der Waals surface area contributed by atoms with E-state index in [0.717, 1.165) is 12.8 Å². The minimum atomic E-state index is -0.746. The number of aliphatic hydroxyl groups is 1. The van der Waals surface area contributed by atoms with Gasteiger partial charge in [0.25, 0.3) is 11.7 Å². The van der Waals surface area contributed by atoms with Gasteiger partial charge in [-0.05, 0) is 48.7 Å². The fourth-order valence-corrected chi connectivity index (χ4v) is 4.54. The van der Waals surface area contributed by atoms with Gasteiger partial charge in [-0.1, -0.05) is 23.7 Å². The molecule has 3 aliphatic heterocycles. The maximum atomic E-state index is 13.1. The van der Waals surface area contributed by atoms with E-state index in [0.29, 0.717) is 47.5 Å². The molecule has 7 nitrogen and oxygen atoms in total. The molecule has 2 fully saturated rings. The Hall–Kier alpha value is -3.03. The molecule has 0 bridgehead atoms. The highest BCUT2D eigenvalue weighted by Gasteiger charge is 2.47. The lowest BCUT2D eigenvalue weighted by molar-refractivity contribution is -0.140. The predicted octanol–water partition coefficient (Wildman–Crippen LogP) is 3.71. The number of amides is 1. The Bertz CT molecular complexity index is 1090. The highest BCUT2D eigenvalue weighted by molar-refractivity contribution is 6.46. The summed E-state index contributed by atoms with van der Waals surface area (Å²) in [5.74, 6) is -0.581. The maximum absolute atomic E-state index is 13.1. The number of benzene rings is 2. The minimum Gasteiger partial charge on any atom is -0.507 e. The first-order chi connectivity index (χ1) is 15.5. The molecule has 0 spiro atoms. The minimum absolute atomic E-state index is 0.0343. The number of carbonyl (C=O) groups is 2. The molecule has 2 atom stereocenters. The Balaban J connectivity index is 1.60. The molecular weight excluding hydrogens is 434 g/mol. The summed E-state index contributed by atoms with van der Waals surface area (Å²) in [4.78, 5) is 27.6. The van der Waals surface area contributed by atoms with Crippen molar-refractivity contribution in [3.8, 4) is 11.5 Å². The second kappa shape index (κ2) is 8.48. The normalized spacial score (nSPS) is 24.2. The second-order valence-corrected chi connectivity index (χ2v) is 8.43. The van der Waals surface area contributed by atoms with E-state index in [9.17, 15) is 14.7 Å². The van der Waals surface area contributed by atoms with Crippen molar-refractivity contribution in [3.05, 3.63) is 64.2 Å². The van der Waals surface area contributed by atoms with Crippen molar-refractivity contribution in [2.24, 2.45) is 0 Å². The molecule has 3 heterocycles. The van der Waals surface area contributed by atoms with Gasteiger partial charge in [0.2, 0.25) is 0 Å². The van der Waals surface area contributed by atoms with E-state index < -0.39 is 17.7 Å². The zero-order valence-corrected chi connectivity index (χ0v) is 18.0. The summed E-state index contributed by atoms with van der Waals surface area (Å²) in [7, 11) is 0. The van der Waals surface area contributed by atoms with E-state index in [1.807, 2.05) is 0 Å². The monoisotopic (exact) mass is 455 g/mol. The van der Waals surface area contributed by atoms with E-state index in [1.54, 1.807) is 42.5 Å². The number of Topliss-reactive ketones (excluding diaryl/α,β-unsaturated/α-hetero) is 1. The number of ketones is 1. The summed E-state index contributed by atoms with van der Waals surface area (Å²) in [6.45, 7) is 1.75. The lowest BCUT2D eigenvalue weighted by atomic mass is 9.95. The molecule has 0 aliphatic carbocycles. The maximum Gasteiger partial charge on any atom is 0.295 e. The summed E-state index contributed by atoms with van der Waals surface area (Å²) in [6.07, 6.45) is 1.59. The molecule has 32 heavy (non-hydrogen) atoms. The number of carbonyl (C=O) groups excluding carboxylic acids is 2. The standard InChI is InChI=1S/C24H22ClNO6/c25-16-6-3-14(4-7-16)21-20(23(28)24(29)26(21)13-17-2-1-9-30-17)22(27)15-5-8-18-19(12-15)32-11-10-31-18/h3-8,12,17,21,27H,1-2,9-11,13H2. The van der Waals surface area contributed by atoms with Crippen LogP contribution in [0.5, 0.6) is 11.5 Å². The van der Waals surface area contributed by atoms with Gasteiger partial charge in [-0.3, -0.25) is 9.59 Å². The molecule has 5 rings (SSSR count). The average molecular weight is 456 g/mol. The van der Waals surface area contributed by atoms with Crippen LogP contribution in [0.4, 0.5) is 0 Å². The number of aliphatic hydroxyl groups excluding tert-OH is 1. The first kappa shape index (κ1) is 20.8. The van der Waals surface area contributed by atoms with Crippen LogP contribution in [-0.2, 0) is 14.3 Å². The number of rotatable bonds is 4. The van der Waals surface area contributed by atoms with Crippen LogP contribution in [-0.4, -0.2) is 54.2 Å². The first-order valence-corrected chi connectivity index (χ1v) is 11.0. The van der Waals surface area contributed by atoms with Crippen molar-refractivity contribution in [2.45, 2.75) is 25.0 Å². The van der Waals surface area contributed by atoms with Crippen LogP contribution in [0, 0.1) is 0 Å². The molecule has 166 valence electrons. The number of hydrogen-bond acceptors (Lipinski definition) is 6. The van der Waals surface area contributed by atoms with Gasteiger partial charge in [-0.25, -0.2) is 0 Å². The lowest BCUT2D eigenvalue weighted by Gasteiger charge is -2.27. The number of halogens is 1. The van der Waals surface area contributed by atoms with Crippen molar-refractivity contribution >= 4 is 29.1 Å². The number of likely N-dealkylation sites (tertiary alicyclic amines) is 1. The Morgan fingerprint density at radius 2 is 1.78 bits per heavy atom. The Morgan fingerprint density at radius 1 is 1.03 bits per heavy atom. The van der Waals surface area contributed by atoms with Crippen LogP contribution in [0.15, 0.2) is 48.0 Å². The van der Waals surface area contributed by atoms with Crippen molar-refractivity contribution in [2.75, 3.05) is 26.4 Å². The molecule has 2 aromatic carbocycles. The molecule has 2 unspecified atom stereocenters. The van der Waals surface area contributed by atoms with E-state index in [2.05, 4.69) is 0 Å². The molecule has 1 amide bonds. The largest absolute Gasteiger partial charge is 0.507 e. The molecule has 0 aromatic heterocycles. The van der Waals surface area contributed by atoms with Gasteiger partial charge in [0.1, 0.15) is 19.0 Å². The summed E-state index contributed by atoms with van der Waals surface area (Å²) in [5, 5.41) is 11.7. The predicted molar refractivity (Wildman–Crippen MR) is 117 cm³/mol. The summed E-state index contributed by atoms with van der Waals surface area (Å²) < 4.78 is 16.9. The molecule has 1 N–H and O–H groups in total. The highest BCUT2D eigenvalue weighted by atomic mass is 35.5. The molecule has 8 heteroatoms. The fourth-order valence-electron chi connectivity index (χ4n) is 4.41. The third kappa shape index (κ3) is 3.72. The Morgan fingerprint density at radius 3 is 2.50 bits per heavy atom. The lowest BCUT2D eigenvalue weighted by Crippen LogP contribution is -2.36. The van der Waals surface area contributed by atoms with E-state index >= 15 is 0 Å². The van der Waals surface area contributed by atoms with Crippen LogP contribution in [0.2, 0.25) is 5.02 Å². The van der Waals surface area contributed by atoms with Crippen molar-refractivity contribution in [3.63, 3.8) is 0 Å². The van der Waals surface area contributed by atoms with Gasteiger partial charge in [-0.2, -0.15) is 0 Å². The summed E-state index contributed by atoms with van der Waals surface area (Å²) in [6, 6.07) is 11.1. The first-order valence-electron chi connectivity index (χ1n) is 10.6. The highest BCUT2D eigenvalue weighted by Crippen LogP contribution is 2.41. The number of ether oxygens (including phenoxy) is 3. The molecule has 2 saturated heterocycles. The van der Waals surface area contributed by atoms with E-state index in [-0.39, 0.29) is 24.0 Å². The van der Waals surface area contributed by atoms with Gasteiger partial charge < -0.3 is 24.2 Å².